The van der Waals surface area contributed by atoms with E-state index in [2.05, 4.69) is 91.1 Å². The fourth-order valence-electron chi connectivity index (χ4n) is 2.29. The molecule has 106 valence electrons. The van der Waals surface area contributed by atoms with Crippen molar-refractivity contribution in [2.45, 2.75) is 33.7 Å². The van der Waals surface area contributed by atoms with Crippen LogP contribution in [0.4, 0.5) is 5.69 Å². The highest BCUT2D eigenvalue weighted by molar-refractivity contribution is 14.1. The van der Waals surface area contributed by atoms with Crippen molar-refractivity contribution in [3.05, 3.63) is 62.7 Å². The molecule has 0 radical (unpaired) electrons. The molecule has 0 saturated carbocycles. The molecule has 1 N–H and O–H groups in total. The lowest BCUT2D eigenvalue weighted by atomic mass is 10.0. The molecule has 0 aromatic heterocycles. The van der Waals surface area contributed by atoms with E-state index < -0.39 is 0 Å². The number of nitrogens with one attached hydrogen (secondary N) is 1. The quantitative estimate of drug-likeness (QED) is 0.685. The van der Waals surface area contributed by atoms with Crippen LogP contribution in [-0.2, 0) is 13.0 Å². The van der Waals surface area contributed by atoms with E-state index in [0.29, 0.717) is 5.92 Å². The molecular weight excluding hydrogens is 357 g/mol. The van der Waals surface area contributed by atoms with Crippen molar-refractivity contribution in [3.8, 4) is 0 Å². The summed E-state index contributed by atoms with van der Waals surface area (Å²) < 4.78 is 1.28. The second-order valence-corrected chi connectivity index (χ2v) is 6.97. The molecule has 0 amide bonds. The Morgan fingerprint density at radius 2 is 1.65 bits per heavy atom. The number of rotatable bonds is 5. The minimum Gasteiger partial charge on any atom is -0.381 e. The second kappa shape index (κ2) is 7.11. The van der Waals surface area contributed by atoms with Crippen LogP contribution in [0.5, 0.6) is 0 Å². The van der Waals surface area contributed by atoms with Crippen molar-refractivity contribution < 1.29 is 0 Å². The standard InChI is InChI=1S/C18H22IN/c1-13(2)10-15-4-6-16(7-5-15)12-20-18-9-8-17(19)11-14(18)3/h4-9,11,13,20H,10,12H2,1-3H3. The van der Waals surface area contributed by atoms with Crippen LogP contribution in [-0.4, -0.2) is 0 Å². The first-order chi connectivity index (χ1) is 9.54. The van der Waals surface area contributed by atoms with E-state index in [1.165, 1.54) is 25.9 Å². The topological polar surface area (TPSA) is 12.0 Å². The molecular formula is C18H22IN. The minimum atomic E-state index is 0.716. The van der Waals surface area contributed by atoms with E-state index in [0.717, 1.165) is 13.0 Å². The van der Waals surface area contributed by atoms with E-state index in [9.17, 15) is 0 Å². The van der Waals surface area contributed by atoms with Crippen LogP contribution in [0.3, 0.4) is 0 Å². The van der Waals surface area contributed by atoms with Crippen LogP contribution >= 0.6 is 22.6 Å². The van der Waals surface area contributed by atoms with Gasteiger partial charge in [0.05, 0.1) is 0 Å². The van der Waals surface area contributed by atoms with Gasteiger partial charge in [-0.3, -0.25) is 0 Å². The molecule has 2 rings (SSSR count). The van der Waals surface area contributed by atoms with Gasteiger partial charge < -0.3 is 5.32 Å². The van der Waals surface area contributed by atoms with Gasteiger partial charge in [-0.1, -0.05) is 38.1 Å². The number of hydrogen-bond acceptors (Lipinski definition) is 1. The third-order valence-electron chi connectivity index (χ3n) is 3.34. The van der Waals surface area contributed by atoms with E-state index in [-0.39, 0.29) is 0 Å². The lowest BCUT2D eigenvalue weighted by Crippen LogP contribution is -2.01. The van der Waals surface area contributed by atoms with Crippen molar-refractivity contribution in [1.82, 2.24) is 0 Å². The molecule has 2 aromatic carbocycles. The number of aryl methyl sites for hydroxylation is 1. The third kappa shape index (κ3) is 4.51. The summed E-state index contributed by atoms with van der Waals surface area (Å²) in [4.78, 5) is 0. The summed E-state index contributed by atoms with van der Waals surface area (Å²) in [6.07, 6.45) is 1.16. The van der Waals surface area contributed by atoms with Gasteiger partial charge in [0.2, 0.25) is 0 Å². The summed E-state index contributed by atoms with van der Waals surface area (Å²) in [6.45, 7) is 7.55. The van der Waals surface area contributed by atoms with Gasteiger partial charge in [0.25, 0.3) is 0 Å². The molecule has 2 aromatic rings. The summed E-state index contributed by atoms with van der Waals surface area (Å²) >= 11 is 2.35. The summed E-state index contributed by atoms with van der Waals surface area (Å²) in [7, 11) is 0. The first-order valence-electron chi connectivity index (χ1n) is 7.12. The zero-order chi connectivity index (χ0) is 14.5. The van der Waals surface area contributed by atoms with Crippen LogP contribution < -0.4 is 5.32 Å². The van der Waals surface area contributed by atoms with Crippen LogP contribution in [0.25, 0.3) is 0 Å². The average Bonchev–Trinajstić information content (AvgIpc) is 2.39. The number of anilines is 1. The highest BCUT2D eigenvalue weighted by atomic mass is 127. The van der Waals surface area contributed by atoms with Crippen molar-refractivity contribution >= 4 is 28.3 Å². The molecule has 0 fully saturated rings. The van der Waals surface area contributed by atoms with E-state index in [4.69, 9.17) is 0 Å². The maximum atomic E-state index is 3.51. The smallest absolute Gasteiger partial charge is 0.0400 e. The Hall–Kier alpha value is -1.03. The largest absolute Gasteiger partial charge is 0.381 e. The SMILES string of the molecule is Cc1cc(I)ccc1NCc1ccc(CC(C)C)cc1. The van der Waals surface area contributed by atoms with Crippen molar-refractivity contribution in [2.75, 3.05) is 5.32 Å². The molecule has 0 spiro atoms. The summed E-state index contributed by atoms with van der Waals surface area (Å²) in [5, 5.41) is 3.51. The number of halogens is 1. The van der Waals surface area contributed by atoms with Crippen LogP contribution in [0.2, 0.25) is 0 Å². The third-order valence-corrected chi connectivity index (χ3v) is 4.01. The number of benzene rings is 2. The van der Waals surface area contributed by atoms with E-state index in [1.807, 2.05) is 0 Å². The molecule has 0 aliphatic carbocycles. The second-order valence-electron chi connectivity index (χ2n) is 5.73. The monoisotopic (exact) mass is 379 g/mol. The molecule has 0 aliphatic heterocycles. The lowest BCUT2D eigenvalue weighted by molar-refractivity contribution is 0.647. The fourth-order valence-corrected chi connectivity index (χ4v) is 2.93. The summed E-state index contributed by atoms with van der Waals surface area (Å²) in [5.74, 6) is 0.716. The zero-order valence-corrected chi connectivity index (χ0v) is 14.6. The predicted molar refractivity (Wildman–Crippen MR) is 96.2 cm³/mol. The van der Waals surface area contributed by atoms with Gasteiger partial charge in [0.1, 0.15) is 0 Å². The Morgan fingerprint density at radius 1 is 1.00 bits per heavy atom. The number of hydrogen-bond donors (Lipinski definition) is 1. The van der Waals surface area contributed by atoms with Gasteiger partial charge in [-0.15, -0.1) is 0 Å². The van der Waals surface area contributed by atoms with Crippen molar-refractivity contribution in [1.29, 1.82) is 0 Å². The van der Waals surface area contributed by atoms with Gasteiger partial charge in [-0.05, 0) is 76.7 Å². The van der Waals surface area contributed by atoms with E-state index >= 15 is 0 Å². The highest BCUT2D eigenvalue weighted by Crippen LogP contribution is 2.19. The normalized spacial score (nSPS) is 10.8. The van der Waals surface area contributed by atoms with Crippen LogP contribution in [0.1, 0.15) is 30.5 Å². The molecule has 1 nitrogen and oxygen atoms in total. The highest BCUT2D eigenvalue weighted by Gasteiger charge is 2.01. The Kier molecular flexibility index (Phi) is 5.46. The Morgan fingerprint density at radius 3 is 2.25 bits per heavy atom. The Balaban J connectivity index is 1.96. The fraction of sp³-hybridized carbons (Fsp3) is 0.333. The summed E-state index contributed by atoms with van der Waals surface area (Å²) in [5.41, 5.74) is 5.27. The maximum Gasteiger partial charge on any atom is 0.0400 e. The molecule has 0 saturated heterocycles. The lowest BCUT2D eigenvalue weighted by Gasteiger charge is -2.11. The molecule has 2 heteroatoms. The van der Waals surface area contributed by atoms with Crippen molar-refractivity contribution in [2.24, 2.45) is 5.92 Å². The van der Waals surface area contributed by atoms with Gasteiger partial charge in [-0.25, -0.2) is 0 Å². The molecule has 0 bridgehead atoms. The predicted octanol–water partition coefficient (Wildman–Crippen LogP) is 5.41. The minimum absolute atomic E-state index is 0.716. The van der Waals surface area contributed by atoms with Gasteiger partial charge in [0, 0.05) is 15.8 Å². The molecule has 20 heavy (non-hydrogen) atoms. The van der Waals surface area contributed by atoms with E-state index in [1.54, 1.807) is 0 Å². The van der Waals surface area contributed by atoms with Crippen LogP contribution in [0.15, 0.2) is 42.5 Å². The molecule has 0 atom stereocenters. The van der Waals surface area contributed by atoms with Gasteiger partial charge in [0.15, 0.2) is 0 Å². The average molecular weight is 379 g/mol. The Bertz CT molecular complexity index is 558. The first-order valence-corrected chi connectivity index (χ1v) is 8.20. The molecule has 0 heterocycles. The van der Waals surface area contributed by atoms with Crippen LogP contribution in [0, 0.1) is 16.4 Å². The summed E-state index contributed by atoms with van der Waals surface area (Å²) in [6, 6.07) is 15.5. The van der Waals surface area contributed by atoms with Gasteiger partial charge >= 0.3 is 0 Å². The molecule has 0 unspecified atom stereocenters. The Labute approximate surface area is 135 Å². The van der Waals surface area contributed by atoms with Gasteiger partial charge in [-0.2, -0.15) is 0 Å². The molecule has 0 aliphatic rings. The zero-order valence-electron chi connectivity index (χ0n) is 12.4. The first kappa shape index (κ1) is 15.4. The maximum absolute atomic E-state index is 3.51. The van der Waals surface area contributed by atoms with Crippen molar-refractivity contribution in [3.63, 3.8) is 0 Å².